The van der Waals surface area contributed by atoms with Crippen LogP contribution in [0.25, 0.3) is 0 Å². The quantitative estimate of drug-likeness (QED) is 0.598. The van der Waals surface area contributed by atoms with Gasteiger partial charge in [-0.05, 0) is 26.7 Å². The highest BCUT2D eigenvalue weighted by Gasteiger charge is 2.39. The summed E-state index contributed by atoms with van der Waals surface area (Å²) >= 11 is 0. The molecule has 1 N–H and O–H groups in total. The predicted molar refractivity (Wildman–Crippen MR) is 68.7 cm³/mol. The molecule has 2 atom stereocenters. The second-order valence-corrected chi connectivity index (χ2v) is 4.52. The smallest absolute Gasteiger partial charge is 0.308 e. The van der Waals surface area contributed by atoms with E-state index < -0.39 is 5.97 Å². The van der Waals surface area contributed by atoms with Crippen molar-refractivity contribution in [2.24, 2.45) is 5.92 Å². The number of carboxylic acids is 1. The van der Waals surface area contributed by atoms with Crippen LogP contribution in [0.3, 0.4) is 0 Å². The van der Waals surface area contributed by atoms with E-state index in [-0.39, 0.29) is 12.0 Å². The van der Waals surface area contributed by atoms with Gasteiger partial charge in [-0.3, -0.25) is 9.69 Å². The molecule has 1 saturated carbocycles. The Morgan fingerprint density at radius 1 is 1.17 bits per heavy atom. The van der Waals surface area contributed by atoms with Crippen molar-refractivity contribution in [3.63, 3.8) is 0 Å². The van der Waals surface area contributed by atoms with E-state index in [1.807, 2.05) is 13.8 Å². The van der Waals surface area contributed by atoms with E-state index in [9.17, 15) is 4.79 Å². The van der Waals surface area contributed by atoms with Gasteiger partial charge in [-0.2, -0.15) is 0 Å². The van der Waals surface area contributed by atoms with Gasteiger partial charge in [0, 0.05) is 32.3 Å². The Kier molecular flexibility index (Phi) is 7.23. The highest BCUT2D eigenvalue weighted by atomic mass is 16.5. The fourth-order valence-corrected chi connectivity index (χ4v) is 2.30. The summed E-state index contributed by atoms with van der Waals surface area (Å²) in [5.74, 6) is -0.891. The Morgan fingerprint density at radius 3 is 2.06 bits per heavy atom. The van der Waals surface area contributed by atoms with Crippen LogP contribution in [-0.4, -0.2) is 61.5 Å². The molecule has 5 heteroatoms. The molecule has 18 heavy (non-hydrogen) atoms. The van der Waals surface area contributed by atoms with Gasteiger partial charge in [0.1, 0.15) is 0 Å². The molecule has 0 bridgehead atoms. The summed E-state index contributed by atoms with van der Waals surface area (Å²) in [6, 6.07) is 0.156. The molecule has 0 aromatic heterocycles. The van der Waals surface area contributed by atoms with Gasteiger partial charge in [0.2, 0.25) is 0 Å². The fraction of sp³-hybridized carbons (Fsp3) is 0.923. The lowest BCUT2D eigenvalue weighted by Crippen LogP contribution is -2.52. The summed E-state index contributed by atoms with van der Waals surface area (Å²) in [5, 5.41) is 9.11. The molecule has 0 aromatic rings. The molecule has 5 nitrogen and oxygen atoms in total. The lowest BCUT2D eigenvalue weighted by molar-refractivity contribution is -0.149. The number of ether oxygens (including phenoxy) is 2. The van der Waals surface area contributed by atoms with Crippen LogP contribution in [0, 0.1) is 5.92 Å². The predicted octanol–water partition coefficient (Wildman–Crippen LogP) is 1.22. The monoisotopic (exact) mass is 259 g/mol. The maximum Gasteiger partial charge on any atom is 0.308 e. The van der Waals surface area contributed by atoms with Gasteiger partial charge in [0.05, 0.1) is 19.1 Å². The zero-order valence-corrected chi connectivity index (χ0v) is 11.4. The van der Waals surface area contributed by atoms with Gasteiger partial charge in [-0.15, -0.1) is 0 Å². The van der Waals surface area contributed by atoms with Gasteiger partial charge in [-0.1, -0.05) is 0 Å². The number of carboxylic acid groups (broad SMARTS) is 1. The van der Waals surface area contributed by atoms with Crippen LogP contribution < -0.4 is 0 Å². The highest BCUT2D eigenvalue weighted by molar-refractivity contribution is 5.72. The molecule has 0 spiro atoms. The molecule has 106 valence electrons. The van der Waals surface area contributed by atoms with Crippen LogP contribution in [-0.2, 0) is 14.3 Å². The van der Waals surface area contributed by atoms with Crippen molar-refractivity contribution in [1.29, 1.82) is 0 Å². The molecular formula is C13H25NO4. The minimum atomic E-state index is -0.677. The molecule has 1 aliphatic rings. The first kappa shape index (κ1) is 15.4. The van der Waals surface area contributed by atoms with E-state index in [2.05, 4.69) is 4.90 Å². The summed E-state index contributed by atoms with van der Waals surface area (Å²) in [4.78, 5) is 13.3. The van der Waals surface area contributed by atoms with Crippen molar-refractivity contribution in [2.45, 2.75) is 32.7 Å². The van der Waals surface area contributed by atoms with Gasteiger partial charge in [0.15, 0.2) is 0 Å². The average molecular weight is 259 g/mol. The summed E-state index contributed by atoms with van der Waals surface area (Å²) in [6.07, 6.45) is 1.76. The van der Waals surface area contributed by atoms with E-state index in [0.29, 0.717) is 26.4 Å². The third-order valence-electron chi connectivity index (χ3n) is 3.48. The number of nitrogens with zero attached hydrogens (tertiary/aromatic N) is 1. The second-order valence-electron chi connectivity index (χ2n) is 4.52. The van der Waals surface area contributed by atoms with Crippen molar-refractivity contribution in [1.82, 2.24) is 4.90 Å². The maximum absolute atomic E-state index is 11.1. The van der Waals surface area contributed by atoms with Crippen molar-refractivity contribution >= 4 is 5.97 Å². The number of carbonyl (C=O) groups is 1. The SMILES string of the molecule is CCOCCN(CCOCC)C1CCC1C(=O)O. The molecule has 1 aliphatic carbocycles. The summed E-state index contributed by atoms with van der Waals surface area (Å²) in [6.45, 7) is 8.22. The number of aliphatic carboxylic acids is 1. The first-order valence-corrected chi connectivity index (χ1v) is 6.83. The summed E-state index contributed by atoms with van der Waals surface area (Å²) in [5.41, 5.74) is 0. The normalized spacial score (nSPS) is 23.1. The standard InChI is InChI=1S/C13H25NO4/c1-3-17-9-7-14(8-10-18-4-2)12-6-5-11(12)13(15)16/h11-12H,3-10H2,1-2H3,(H,15,16). The molecule has 0 aliphatic heterocycles. The third-order valence-corrected chi connectivity index (χ3v) is 3.48. The molecule has 0 saturated heterocycles. The van der Waals surface area contributed by atoms with Crippen LogP contribution in [0.1, 0.15) is 26.7 Å². The minimum Gasteiger partial charge on any atom is -0.481 e. The van der Waals surface area contributed by atoms with E-state index in [4.69, 9.17) is 14.6 Å². The van der Waals surface area contributed by atoms with Gasteiger partial charge >= 0.3 is 5.97 Å². The lowest BCUT2D eigenvalue weighted by Gasteiger charge is -2.42. The first-order valence-electron chi connectivity index (χ1n) is 6.83. The Bertz CT molecular complexity index is 237. The molecule has 0 amide bonds. The number of hydrogen-bond donors (Lipinski definition) is 1. The number of rotatable bonds is 10. The van der Waals surface area contributed by atoms with Crippen LogP contribution >= 0.6 is 0 Å². The van der Waals surface area contributed by atoms with Crippen LogP contribution in [0.4, 0.5) is 0 Å². The van der Waals surface area contributed by atoms with Gasteiger partial charge in [-0.25, -0.2) is 0 Å². The van der Waals surface area contributed by atoms with E-state index in [1.165, 1.54) is 0 Å². The van der Waals surface area contributed by atoms with Gasteiger partial charge in [0.25, 0.3) is 0 Å². The topological polar surface area (TPSA) is 59.0 Å². The Labute approximate surface area is 109 Å². The zero-order chi connectivity index (χ0) is 13.4. The Morgan fingerprint density at radius 2 is 1.72 bits per heavy atom. The maximum atomic E-state index is 11.1. The lowest BCUT2D eigenvalue weighted by atomic mass is 9.78. The molecule has 1 rings (SSSR count). The van der Waals surface area contributed by atoms with E-state index in [0.717, 1.165) is 25.9 Å². The Balaban J connectivity index is 2.40. The molecular weight excluding hydrogens is 234 g/mol. The van der Waals surface area contributed by atoms with Crippen molar-refractivity contribution in [3.8, 4) is 0 Å². The van der Waals surface area contributed by atoms with Crippen molar-refractivity contribution in [2.75, 3.05) is 39.5 Å². The van der Waals surface area contributed by atoms with Crippen LogP contribution in [0.5, 0.6) is 0 Å². The van der Waals surface area contributed by atoms with E-state index >= 15 is 0 Å². The zero-order valence-electron chi connectivity index (χ0n) is 11.4. The fourth-order valence-electron chi connectivity index (χ4n) is 2.30. The van der Waals surface area contributed by atoms with Crippen LogP contribution in [0.15, 0.2) is 0 Å². The third kappa shape index (κ3) is 4.55. The van der Waals surface area contributed by atoms with E-state index in [1.54, 1.807) is 0 Å². The van der Waals surface area contributed by atoms with Crippen molar-refractivity contribution < 1.29 is 19.4 Å². The summed E-state index contributed by atoms with van der Waals surface area (Å²) < 4.78 is 10.7. The minimum absolute atomic E-state index is 0.156. The number of hydrogen-bond acceptors (Lipinski definition) is 4. The second kappa shape index (κ2) is 8.45. The highest BCUT2D eigenvalue weighted by Crippen LogP contribution is 2.32. The first-order chi connectivity index (χ1) is 8.70. The average Bonchev–Trinajstić information content (AvgIpc) is 2.27. The molecule has 2 unspecified atom stereocenters. The molecule has 1 fully saturated rings. The largest absolute Gasteiger partial charge is 0.481 e. The van der Waals surface area contributed by atoms with Gasteiger partial charge < -0.3 is 14.6 Å². The Hall–Kier alpha value is -0.650. The molecule has 0 heterocycles. The molecule has 0 aromatic carbocycles. The van der Waals surface area contributed by atoms with Crippen LogP contribution in [0.2, 0.25) is 0 Å². The summed E-state index contributed by atoms with van der Waals surface area (Å²) in [7, 11) is 0. The van der Waals surface area contributed by atoms with Crippen molar-refractivity contribution in [3.05, 3.63) is 0 Å². The molecule has 0 radical (unpaired) electrons.